The summed E-state index contributed by atoms with van der Waals surface area (Å²) in [5.74, 6) is 0. The van der Waals surface area contributed by atoms with Crippen molar-refractivity contribution in [3.63, 3.8) is 0 Å². The fourth-order valence-electron chi connectivity index (χ4n) is 3.06. The largest absolute Gasteiger partial charge is 0.618 e. The Kier molecular flexibility index (Phi) is 2.33. The average Bonchev–Trinajstić information content (AvgIpc) is 2.73. The molecule has 3 nitrogen and oxygen atoms in total. The van der Waals surface area contributed by atoms with Crippen LogP contribution in [0.4, 0.5) is 0 Å². The molecule has 1 aromatic heterocycles. The number of halogens is 1. The van der Waals surface area contributed by atoms with Crippen molar-refractivity contribution < 1.29 is 9.47 Å². The van der Waals surface area contributed by atoms with E-state index in [4.69, 9.17) is 16.3 Å². The molecule has 1 atom stereocenters. The molecule has 2 heterocycles. The molecule has 0 bridgehead atoms. The number of nitrogens with zero attached hydrogens (tertiary/aromatic N) is 1. The minimum Gasteiger partial charge on any atom is -0.618 e. The van der Waals surface area contributed by atoms with E-state index in [1.165, 1.54) is 6.20 Å². The second kappa shape index (κ2) is 3.60. The molecule has 0 saturated carbocycles. The minimum atomic E-state index is -0.0692. The Balaban J connectivity index is 2.20. The molecule has 0 N–H and O–H groups in total. The summed E-state index contributed by atoms with van der Waals surface area (Å²) in [6, 6.07) is 1.70. The van der Waals surface area contributed by atoms with Crippen LogP contribution in [-0.4, -0.2) is 13.2 Å². The van der Waals surface area contributed by atoms with Gasteiger partial charge in [0.15, 0.2) is 6.20 Å². The normalized spacial score (nSPS) is 28.3. The molecule has 4 heteroatoms. The van der Waals surface area contributed by atoms with Gasteiger partial charge in [-0.2, -0.15) is 4.73 Å². The molecule has 1 saturated heterocycles. The van der Waals surface area contributed by atoms with Crippen molar-refractivity contribution in [3.05, 3.63) is 33.8 Å². The maximum Gasteiger partial charge on any atom is 0.205 e. The highest BCUT2D eigenvalue weighted by Gasteiger charge is 2.46. The van der Waals surface area contributed by atoms with Crippen molar-refractivity contribution in [2.75, 3.05) is 13.2 Å². The Morgan fingerprint density at radius 2 is 2.31 bits per heavy atom. The van der Waals surface area contributed by atoms with E-state index in [1.807, 2.05) is 0 Å². The van der Waals surface area contributed by atoms with E-state index in [9.17, 15) is 5.21 Å². The SMILES string of the molecule is [O-][n+]1ccc(Cl)c2c1C1(CCC2)CCOC1. The van der Waals surface area contributed by atoms with Crippen molar-refractivity contribution in [2.45, 2.75) is 31.1 Å². The zero-order valence-electron chi connectivity index (χ0n) is 9.04. The lowest BCUT2D eigenvalue weighted by Gasteiger charge is -2.31. The monoisotopic (exact) mass is 239 g/mol. The molecule has 1 aromatic rings. The summed E-state index contributed by atoms with van der Waals surface area (Å²) in [7, 11) is 0. The van der Waals surface area contributed by atoms with E-state index in [0.717, 1.165) is 53.3 Å². The van der Waals surface area contributed by atoms with Gasteiger partial charge in [0.25, 0.3) is 0 Å². The second-order valence-electron chi connectivity index (χ2n) is 4.75. The number of rotatable bonds is 0. The predicted molar refractivity (Wildman–Crippen MR) is 60.5 cm³/mol. The van der Waals surface area contributed by atoms with Crippen LogP contribution in [-0.2, 0) is 16.6 Å². The molecule has 0 aromatic carbocycles. The molecule has 86 valence electrons. The highest BCUT2D eigenvalue weighted by atomic mass is 35.5. The Labute approximate surface area is 99.6 Å². The third-order valence-corrected chi connectivity index (χ3v) is 4.19. The number of pyridine rings is 1. The second-order valence-corrected chi connectivity index (χ2v) is 5.16. The molecule has 2 aliphatic rings. The summed E-state index contributed by atoms with van der Waals surface area (Å²) in [4.78, 5) is 0. The molecule has 1 aliphatic heterocycles. The van der Waals surface area contributed by atoms with Crippen LogP contribution in [0.5, 0.6) is 0 Å². The Morgan fingerprint density at radius 1 is 1.44 bits per heavy atom. The van der Waals surface area contributed by atoms with Crippen LogP contribution in [0.25, 0.3) is 0 Å². The highest BCUT2D eigenvalue weighted by molar-refractivity contribution is 6.31. The number of aromatic nitrogens is 1. The summed E-state index contributed by atoms with van der Waals surface area (Å²) in [6.07, 6.45) is 5.52. The van der Waals surface area contributed by atoms with E-state index in [-0.39, 0.29) is 5.41 Å². The van der Waals surface area contributed by atoms with Crippen LogP contribution in [0, 0.1) is 5.21 Å². The van der Waals surface area contributed by atoms with Gasteiger partial charge >= 0.3 is 0 Å². The van der Waals surface area contributed by atoms with Crippen LogP contribution in [0.15, 0.2) is 12.3 Å². The third-order valence-electron chi connectivity index (χ3n) is 3.84. The predicted octanol–water partition coefficient (Wildman–Crippen LogP) is 1.97. The Hall–Kier alpha value is -0.800. The van der Waals surface area contributed by atoms with E-state index in [0.29, 0.717) is 6.61 Å². The zero-order valence-corrected chi connectivity index (χ0v) is 9.79. The molecule has 0 amide bonds. The summed E-state index contributed by atoms with van der Waals surface area (Å²) < 4.78 is 6.49. The van der Waals surface area contributed by atoms with Crippen LogP contribution in [0.2, 0.25) is 5.02 Å². The van der Waals surface area contributed by atoms with E-state index in [1.54, 1.807) is 6.07 Å². The molecule has 1 aliphatic carbocycles. The van der Waals surface area contributed by atoms with Gasteiger partial charge < -0.3 is 9.94 Å². The molecular weight excluding hydrogens is 226 g/mol. The van der Waals surface area contributed by atoms with Gasteiger partial charge in [-0.25, -0.2) is 0 Å². The Bertz CT molecular complexity index is 427. The topological polar surface area (TPSA) is 36.2 Å². The lowest BCUT2D eigenvalue weighted by Crippen LogP contribution is -2.46. The first kappa shape index (κ1) is 10.4. The van der Waals surface area contributed by atoms with Gasteiger partial charge in [-0.15, -0.1) is 0 Å². The van der Waals surface area contributed by atoms with Crippen LogP contribution < -0.4 is 4.73 Å². The molecule has 1 spiro atoms. The summed E-state index contributed by atoms with van der Waals surface area (Å²) in [5.41, 5.74) is 1.83. The number of hydrogen-bond donors (Lipinski definition) is 0. The van der Waals surface area contributed by atoms with Gasteiger partial charge in [-0.05, 0) is 25.7 Å². The van der Waals surface area contributed by atoms with Crippen molar-refractivity contribution in [2.24, 2.45) is 0 Å². The van der Waals surface area contributed by atoms with Crippen LogP contribution in [0.3, 0.4) is 0 Å². The lowest BCUT2D eigenvalue weighted by atomic mass is 9.72. The quantitative estimate of drug-likeness (QED) is 0.513. The lowest BCUT2D eigenvalue weighted by molar-refractivity contribution is -0.619. The fourth-order valence-corrected chi connectivity index (χ4v) is 3.30. The fraction of sp³-hybridized carbons (Fsp3) is 0.583. The van der Waals surface area contributed by atoms with E-state index < -0.39 is 0 Å². The van der Waals surface area contributed by atoms with Gasteiger partial charge in [0.2, 0.25) is 5.69 Å². The van der Waals surface area contributed by atoms with Gasteiger partial charge in [0.05, 0.1) is 17.0 Å². The average molecular weight is 240 g/mol. The number of fused-ring (bicyclic) bond motifs is 2. The summed E-state index contributed by atoms with van der Waals surface area (Å²) in [5, 5.41) is 12.7. The molecule has 3 rings (SSSR count). The Morgan fingerprint density at radius 3 is 3.06 bits per heavy atom. The zero-order chi connectivity index (χ0) is 11.2. The maximum absolute atomic E-state index is 12.0. The van der Waals surface area contributed by atoms with Crippen LogP contribution in [0.1, 0.15) is 30.5 Å². The molecule has 1 unspecified atom stereocenters. The molecular formula is C12H14ClNO2. The van der Waals surface area contributed by atoms with Gasteiger partial charge in [-0.3, -0.25) is 0 Å². The van der Waals surface area contributed by atoms with Gasteiger partial charge in [-0.1, -0.05) is 11.6 Å². The first-order valence-electron chi connectivity index (χ1n) is 5.72. The molecule has 16 heavy (non-hydrogen) atoms. The standard InChI is InChI=1S/C12H14ClNO2/c13-10-3-6-14(15)11-9(10)2-1-4-12(11)5-7-16-8-12/h3,6H,1-2,4-5,7-8H2. The van der Waals surface area contributed by atoms with Crippen molar-refractivity contribution >= 4 is 11.6 Å². The van der Waals surface area contributed by atoms with Gasteiger partial charge in [0.1, 0.15) is 0 Å². The first-order valence-corrected chi connectivity index (χ1v) is 6.09. The third kappa shape index (κ3) is 1.35. The first-order chi connectivity index (χ1) is 7.73. The minimum absolute atomic E-state index is 0.0692. The smallest absolute Gasteiger partial charge is 0.205 e. The van der Waals surface area contributed by atoms with Crippen molar-refractivity contribution in [3.8, 4) is 0 Å². The summed E-state index contributed by atoms with van der Waals surface area (Å²) in [6.45, 7) is 1.43. The van der Waals surface area contributed by atoms with Crippen LogP contribution >= 0.6 is 11.6 Å². The molecule has 1 fully saturated rings. The van der Waals surface area contributed by atoms with E-state index >= 15 is 0 Å². The number of ether oxygens (including phenoxy) is 1. The maximum atomic E-state index is 12.0. The van der Waals surface area contributed by atoms with Crippen molar-refractivity contribution in [1.29, 1.82) is 0 Å². The van der Waals surface area contributed by atoms with Crippen molar-refractivity contribution in [1.82, 2.24) is 0 Å². The van der Waals surface area contributed by atoms with Gasteiger partial charge in [0, 0.05) is 18.2 Å². The van der Waals surface area contributed by atoms with E-state index in [2.05, 4.69) is 0 Å². The number of hydrogen-bond acceptors (Lipinski definition) is 2. The highest BCUT2D eigenvalue weighted by Crippen LogP contribution is 2.43. The summed E-state index contributed by atoms with van der Waals surface area (Å²) >= 11 is 6.18. The molecule has 0 radical (unpaired) electrons.